The molecule has 1 aromatic heterocycles. The molecular formula is C25H26FN3O4. The molecule has 4 rings (SSSR count). The highest BCUT2D eigenvalue weighted by Gasteiger charge is 2.27. The van der Waals surface area contributed by atoms with Gasteiger partial charge in [-0.2, -0.15) is 9.78 Å². The first-order valence-corrected chi connectivity index (χ1v) is 10.9. The Labute approximate surface area is 191 Å². The molecule has 33 heavy (non-hydrogen) atoms. The van der Waals surface area contributed by atoms with Gasteiger partial charge in [0.2, 0.25) is 0 Å². The molecule has 1 aliphatic heterocycles. The highest BCUT2D eigenvalue weighted by Crippen LogP contribution is 2.22. The van der Waals surface area contributed by atoms with Crippen LogP contribution in [0.5, 0.6) is 5.75 Å². The lowest BCUT2D eigenvalue weighted by Crippen LogP contribution is -2.43. The van der Waals surface area contributed by atoms with Crippen molar-refractivity contribution < 1.29 is 18.7 Å². The number of nitrogens with one attached hydrogen (secondary N) is 1. The second-order valence-corrected chi connectivity index (χ2v) is 7.98. The molecule has 2 heterocycles. The van der Waals surface area contributed by atoms with Crippen LogP contribution in [0.1, 0.15) is 30.1 Å². The van der Waals surface area contributed by atoms with E-state index in [-0.39, 0.29) is 23.2 Å². The van der Waals surface area contributed by atoms with Crippen molar-refractivity contribution in [3.05, 3.63) is 76.3 Å². The van der Waals surface area contributed by atoms with Gasteiger partial charge in [0.05, 0.1) is 25.1 Å². The van der Waals surface area contributed by atoms with Crippen molar-refractivity contribution >= 4 is 5.91 Å². The van der Waals surface area contributed by atoms with Crippen LogP contribution in [0, 0.1) is 11.7 Å². The lowest BCUT2D eigenvalue weighted by Gasteiger charge is -2.22. The number of amides is 1. The molecule has 1 N–H and O–H groups in total. The van der Waals surface area contributed by atoms with Crippen molar-refractivity contribution in [2.24, 2.45) is 5.92 Å². The fourth-order valence-electron chi connectivity index (χ4n) is 4.01. The van der Waals surface area contributed by atoms with Crippen LogP contribution in [0.4, 0.5) is 4.39 Å². The Bertz CT molecular complexity index is 1190. The minimum atomic E-state index is -0.618. The summed E-state index contributed by atoms with van der Waals surface area (Å²) in [5.74, 6) is -0.123. The first-order chi connectivity index (χ1) is 16.0. The van der Waals surface area contributed by atoms with Crippen molar-refractivity contribution in [2.75, 3.05) is 20.3 Å². The minimum absolute atomic E-state index is 0.0579. The first kappa shape index (κ1) is 22.7. The number of aromatic nitrogens is 2. The number of benzene rings is 2. The van der Waals surface area contributed by atoms with E-state index in [1.54, 1.807) is 37.4 Å². The second kappa shape index (κ2) is 9.95. The Morgan fingerprint density at radius 2 is 2.06 bits per heavy atom. The van der Waals surface area contributed by atoms with E-state index in [9.17, 15) is 14.0 Å². The Morgan fingerprint density at radius 3 is 2.70 bits per heavy atom. The third kappa shape index (κ3) is 4.96. The van der Waals surface area contributed by atoms with E-state index in [1.165, 1.54) is 24.3 Å². The first-order valence-electron chi connectivity index (χ1n) is 10.9. The number of carbonyl (C=O) groups is 1. The van der Waals surface area contributed by atoms with E-state index >= 15 is 0 Å². The van der Waals surface area contributed by atoms with Crippen molar-refractivity contribution in [3.8, 4) is 22.7 Å². The molecule has 1 saturated heterocycles. The summed E-state index contributed by atoms with van der Waals surface area (Å²) < 4.78 is 25.6. The quantitative estimate of drug-likeness (QED) is 0.594. The van der Waals surface area contributed by atoms with Gasteiger partial charge < -0.3 is 14.8 Å². The number of ether oxygens (including phenoxy) is 2. The molecule has 1 amide bonds. The summed E-state index contributed by atoms with van der Waals surface area (Å²) in [6.45, 7) is 3.24. The predicted molar refractivity (Wildman–Crippen MR) is 122 cm³/mol. The molecule has 0 spiro atoms. The number of methoxy groups -OCH3 is 1. The van der Waals surface area contributed by atoms with Gasteiger partial charge in [-0.25, -0.2) is 4.39 Å². The number of carbonyl (C=O) groups excluding carboxylic acids is 1. The molecule has 8 heteroatoms. The number of nitrogens with zero attached hydrogens (tertiary/aromatic N) is 2. The van der Waals surface area contributed by atoms with E-state index < -0.39 is 17.3 Å². The number of halogens is 1. The molecule has 2 unspecified atom stereocenters. The van der Waals surface area contributed by atoms with Crippen molar-refractivity contribution in [2.45, 2.75) is 25.8 Å². The van der Waals surface area contributed by atoms with E-state index in [1.807, 2.05) is 6.92 Å². The summed E-state index contributed by atoms with van der Waals surface area (Å²) in [6, 6.07) is 14.0. The monoisotopic (exact) mass is 451 g/mol. The molecule has 1 aliphatic rings. The third-order valence-electron chi connectivity index (χ3n) is 5.89. The fourth-order valence-corrected chi connectivity index (χ4v) is 4.01. The molecule has 2 atom stereocenters. The summed E-state index contributed by atoms with van der Waals surface area (Å²) in [5, 5.41) is 7.42. The molecule has 0 aliphatic carbocycles. The lowest BCUT2D eigenvalue weighted by atomic mass is 9.96. The van der Waals surface area contributed by atoms with E-state index in [0.29, 0.717) is 36.6 Å². The maximum absolute atomic E-state index is 13.9. The highest BCUT2D eigenvalue weighted by molar-refractivity contribution is 5.95. The predicted octanol–water partition coefficient (Wildman–Crippen LogP) is 3.59. The van der Waals surface area contributed by atoms with Crippen LogP contribution in [0.2, 0.25) is 0 Å². The van der Waals surface area contributed by atoms with Crippen LogP contribution < -0.4 is 15.6 Å². The molecule has 0 bridgehead atoms. The third-order valence-corrected chi connectivity index (χ3v) is 5.89. The summed E-state index contributed by atoms with van der Waals surface area (Å²) >= 11 is 0. The SMILES string of the molecule is CCC(NC(=O)c1cc(-c2ccc(OC)cc2)nn(-c2cccc(F)c2)c1=O)C1CCOC1. The van der Waals surface area contributed by atoms with Gasteiger partial charge in [0.1, 0.15) is 17.1 Å². The minimum Gasteiger partial charge on any atom is -0.497 e. The highest BCUT2D eigenvalue weighted by atomic mass is 19.1. The zero-order chi connectivity index (χ0) is 23.4. The van der Waals surface area contributed by atoms with Crippen LogP contribution in [-0.4, -0.2) is 42.1 Å². The van der Waals surface area contributed by atoms with E-state index in [0.717, 1.165) is 11.1 Å². The van der Waals surface area contributed by atoms with Crippen molar-refractivity contribution in [3.63, 3.8) is 0 Å². The summed E-state index contributed by atoms with van der Waals surface area (Å²) in [6.07, 6.45) is 1.58. The maximum atomic E-state index is 13.9. The van der Waals surface area contributed by atoms with Crippen LogP contribution >= 0.6 is 0 Å². The normalized spacial score (nSPS) is 16.4. The van der Waals surface area contributed by atoms with Crippen LogP contribution in [0.25, 0.3) is 16.9 Å². The Morgan fingerprint density at radius 1 is 1.27 bits per heavy atom. The number of rotatable bonds is 7. The van der Waals surface area contributed by atoms with Gasteiger partial charge >= 0.3 is 0 Å². The van der Waals surface area contributed by atoms with Gasteiger partial charge in [-0.05, 0) is 61.4 Å². The van der Waals surface area contributed by atoms with E-state index in [4.69, 9.17) is 9.47 Å². The molecule has 2 aromatic carbocycles. The molecule has 172 valence electrons. The largest absolute Gasteiger partial charge is 0.497 e. The summed E-state index contributed by atoms with van der Waals surface area (Å²) in [4.78, 5) is 26.5. The standard InChI is InChI=1S/C25H26FN3O4/c1-3-22(17-11-12-33-15-17)27-24(30)21-14-23(16-7-9-20(32-2)10-8-16)28-29(25(21)31)19-6-4-5-18(26)13-19/h4-10,13-14,17,22H,3,11-12,15H2,1-2H3,(H,27,30). The molecule has 0 radical (unpaired) electrons. The number of hydrogen-bond donors (Lipinski definition) is 1. The molecule has 3 aromatic rings. The molecule has 0 saturated carbocycles. The van der Waals surface area contributed by atoms with Crippen molar-refractivity contribution in [1.29, 1.82) is 0 Å². The fraction of sp³-hybridized carbons (Fsp3) is 0.320. The van der Waals surface area contributed by atoms with Gasteiger partial charge in [0, 0.05) is 24.1 Å². The molecular weight excluding hydrogens is 425 g/mol. The molecule has 1 fully saturated rings. The van der Waals surface area contributed by atoms with Crippen LogP contribution in [0.15, 0.2) is 59.4 Å². The average Bonchev–Trinajstić information content (AvgIpc) is 3.37. The average molecular weight is 451 g/mol. The number of hydrogen-bond acceptors (Lipinski definition) is 5. The smallest absolute Gasteiger partial charge is 0.284 e. The summed E-state index contributed by atoms with van der Waals surface area (Å²) in [5.41, 5.74) is 0.654. The maximum Gasteiger partial charge on any atom is 0.284 e. The van der Waals surface area contributed by atoms with Crippen molar-refractivity contribution in [1.82, 2.24) is 15.1 Å². The zero-order valence-electron chi connectivity index (χ0n) is 18.6. The van der Waals surface area contributed by atoms with Gasteiger partial charge in [-0.15, -0.1) is 0 Å². The summed E-state index contributed by atoms with van der Waals surface area (Å²) in [7, 11) is 1.57. The lowest BCUT2D eigenvalue weighted by molar-refractivity contribution is 0.0912. The van der Waals surface area contributed by atoms with Gasteiger partial charge in [-0.1, -0.05) is 13.0 Å². The van der Waals surface area contributed by atoms with Crippen LogP contribution in [-0.2, 0) is 4.74 Å². The Kier molecular flexibility index (Phi) is 6.84. The van der Waals surface area contributed by atoms with E-state index in [2.05, 4.69) is 10.4 Å². The van der Waals surface area contributed by atoms with Gasteiger partial charge in [-0.3, -0.25) is 9.59 Å². The van der Waals surface area contributed by atoms with Crippen LogP contribution in [0.3, 0.4) is 0 Å². The molecule has 7 nitrogen and oxygen atoms in total. The second-order valence-electron chi connectivity index (χ2n) is 7.98. The zero-order valence-corrected chi connectivity index (χ0v) is 18.6. The van der Waals surface area contributed by atoms with Gasteiger partial charge in [0.25, 0.3) is 11.5 Å². The van der Waals surface area contributed by atoms with Gasteiger partial charge in [0.15, 0.2) is 0 Å². The topological polar surface area (TPSA) is 82.5 Å². The Hall–Kier alpha value is -3.52. The Balaban J connectivity index is 1.78.